The maximum Gasteiger partial charge on any atom is 0.229 e. The van der Waals surface area contributed by atoms with E-state index in [1.165, 1.54) is 24.2 Å². The van der Waals surface area contributed by atoms with Crippen molar-refractivity contribution < 1.29 is 13.2 Å². The normalized spacial score (nSPS) is 17.2. The van der Waals surface area contributed by atoms with Crippen molar-refractivity contribution in [1.82, 2.24) is 19.8 Å². The number of piperidine rings is 1. The molecule has 2 aliphatic heterocycles. The van der Waals surface area contributed by atoms with Gasteiger partial charge in [0.2, 0.25) is 16.0 Å². The highest BCUT2D eigenvalue weighted by Crippen LogP contribution is 2.36. The Bertz CT molecular complexity index is 1680. The molecule has 0 aliphatic carbocycles. The molecule has 0 amide bonds. The van der Waals surface area contributed by atoms with E-state index in [4.69, 9.17) is 14.7 Å². The van der Waals surface area contributed by atoms with Crippen molar-refractivity contribution in [3.8, 4) is 5.75 Å². The second-order valence-electron chi connectivity index (χ2n) is 11.1. The van der Waals surface area contributed by atoms with Crippen molar-refractivity contribution in [3.05, 3.63) is 53.9 Å². The Labute approximate surface area is 256 Å². The number of aromatic nitrogens is 2. The van der Waals surface area contributed by atoms with Crippen molar-refractivity contribution in [2.75, 3.05) is 79.9 Å². The molecule has 2 fully saturated rings. The number of hydrogen-bond donors (Lipinski definition) is 3. The zero-order valence-electron chi connectivity index (χ0n) is 24.7. The molecular formula is C30H38N8O3S2. The van der Waals surface area contributed by atoms with Crippen LogP contribution in [0.15, 0.2) is 53.9 Å². The van der Waals surface area contributed by atoms with E-state index in [0.717, 1.165) is 67.1 Å². The molecule has 2 saturated heterocycles. The number of rotatable bonds is 9. The number of thiophene rings is 1. The molecule has 0 saturated carbocycles. The van der Waals surface area contributed by atoms with Gasteiger partial charge in [0.1, 0.15) is 5.75 Å². The van der Waals surface area contributed by atoms with Gasteiger partial charge in [-0.2, -0.15) is 4.98 Å². The molecule has 2 aromatic heterocycles. The monoisotopic (exact) mass is 622 g/mol. The molecule has 11 nitrogen and oxygen atoms in total. The summed E-state index contributed by atoms with van der Waals surface area (Å²) in [5.41, 5.74) is 3.71. The number of hydrogen-bond acceptors (Lipinski definition) is 11. The van der Waals surface area contributed by atoms with Crippen molar-refractivity contribution >= 4 is 66.1 Å². The molecule has 43 heavy (non-hydrogen) atoms. The van der Waals surface area contributed by atoms with Gasteiger partial charge in [-0.25, -0.2) is 13.4 Å². The van der Waals surface area contributed by atoms with Crippen molar-refractivity contribution in [3.63, 3.8) is 0 Å². The third-order valence-electron chi connectivity index (χ3n) is 8.09. The number of piperazine rings is 1. The molecule has 0 radical (unpaired) electrons. The molecule has 0 unspecified atom stereocenters. The van der Waals surface area contributed by atoms with Gasteiger partial charge in [0.25, 0.3) is 0 Å². The summed E-state index contributed by atoms with van der Waals surface area (Å²) in [6.45, 7) is 6.68. The first-order valence-corrected chi connectivity index (χ1v) is 17.2. The van der Waals surface area contributed by atoms with Gasteiger partial charge in [-0.05, 0) is 55.6 Å². The predicted molar refractivity (Wildman–Crippen MR) is 176 cm³/mol. The summed E-state index contributed by atoms with van der Waals surface area (Å²) in [7, 11) is 0.421. The highest BCUT2D eigenvalue weighted by Gasteiger charge is 2.27. The molecule has 0 spiro atoms. The number of nitrogens with one attached hydrogen (secondary N) is 3. The molecule has 228 valence electrons. The highest BCUT2D eigenvalue weighted by atomic mass is 32.2. The van der Waals surface area contributed by atoms with Gasteiger partial charge in [-0.15, -0.1) is 11.3 Å². The maximum atomic E-state index is 11.9. The number of likely N-dealkylation sites (N-methyl/N-ethyl adjacent to an activating group) is 1. The Kier molecular flexibility index (Phi) is 8.57. The Morgan fingerprint density at radius 3 is 2.37 bits per heavy atom. The lowest BCUT2D eigenvalue weighted by Gasteiger charge is -2.42. The number of methoxy groups -OCH3 is 1. The molecule has 13 heteroatoms. The molecular weight excluding hydrogens is 585 g/mol. The molecule has 2 aromatic carbocycles. The number of fused-ring (bicyclic) bond motifs is 1. The molecule has 0 bridgehead atoms. The minimum absolute atomic E-state index is 0.404. The number of ether oxygens (including phenoxy) is 1. The summed E-state index contributed by atoms with van der Waals surface area (Å²) in [5, 5.41) is 8.61. The number of nitrogens with zero attached hydrogens (tertiary/aromatic N) is 5. The summed E-state index contributed by atoms with van der Waals surface area (Å²) < 4.78 is 33.1. The standard InChI is InChI=1S/C30H38N8O3S2/c1-36-15-17-38(18-16-36)21-10-13-37(14-11-21)22-8-9-25(27(20-22)41-2)32-30-33-26-12-19-42-28(26)29(34-30)31-23-6-4-5-7-24(23)35-43(3,39)40/h4-9,12,19-21,35H,10-11,13-18H2,1-3H3,(H2,31,32,33,34). The second kappa shape index (κ2) is 12.5. The van der Waals surface area contributed by atoms with E-state index in [9.17, 15) is 8.42 Å². The van der Waals surface area contributed by atoms with E-state index < -0.39 is 10.0 Å². The first-order valence-electron chi connectivity index (χ1n) is 14.5. The Morgan fingerprint density at radius 2 is 1.65 bits per heavy atom. The Hall–Kier alpha value is -3.65. The van der Waals surface area contributed by atoms with Gasteiger partial charge in [-0.1, -0.05) is 12.1 Å². The average molecular weight is 623 g/mol. The van der Waals surface area contributed by atoms with E-state index in [2.05, 4.69) is 49.2 Å². The summed E-state index contributed by atoms with van der Waals surface area (Å²) in [6, 6.07) is 15.9. The van der Waals surface area contributed by atoms with Crippen LogP contribution in [-0.4, -0.2) is 93.9 Å². The number of anilines is 6. The fourth-order valence-corrected chi connectivity index (χ4v) is 7.14. The van der Waals surface area contributed by atoms with E-state index in [1.807, 2.05) is 23.6 Å². The van der Waals surface area contributed by atoms with Gasteiger partial charge in [0, 0.05) is 57.1 Å². The highest BCUT2D eigenvalue weighted by molar-refractivity contribution is 7.92. The fraction of sp³-hybridized carbons (Fsp3) is 0.400. The Morgan fingerprint density at radius 1 is 0.907 bits per heavy atom. The first-order chi connectivity index (χ1) is 20.8. The van der Waals surface area contributed by atoms with Crippen LogP contribution in [-0.2, 0) is 10.0 Å². The minimum atomic E-state index is -3.46. The van der Waals surface area contributed by atoms with Crippen LogP contribution in [0.2, 0.25) is 0 Å². The van der Waals surface area contributed by atoms with E-state index in [-0.39, 0.29) is 0 Å². The van der Waals surface area contributed by atoms with Crippen LogP contribution in [0.25, 0.3) is 10.2 Å². The summed E-state index contributed by atoms with van der Waals surface area (Å²) in [6.07, 6.45) is 3.46. The lowest BCUT2D eigenvalue weighted by Crippen LogP contribution is -2.52. The number of sulfonamides is 1. The molecule has 6 rings (SSSR count). The van der Waals surface area contributed by atoms with Crippen LogP contribution in [0.4, 0.5) is 34.5 Å². The van der Waals surface area contributed by atoms with Crippen LogP contribution in [0.1, 0.15) is 12.8 Å². The molecule has 4 aromatic rings. The minimum Gasteiger partial charge on any atom is -0.494 e. The van der Waals surface area contributed by atoms with Crippen LogP contribution < -0.4 is 25.0 Å². The second-order valence-corrected chi connectivity index (χ2v) is 13.8. The van der Waals surface area contributed by atoms with E-state index >= 15 is 0 Å². The average Bonchev–Trinajstić information content (AvgIpc) is 3.47. The molecule has 0 atom stereocenters. The fourth-order valence-electron chi connectivity index (χ4n) is 5.79. The predicted octanol–water partition coefficient (Wildman–Crippen LogP) is 4.77. The molecule has 3 N–H and O–H groups in total. The lowest BCUT2D eigenvalue weighted by atomic mass is 10.0. The van der Waals surface area contributed by atoms with E-state index in [0.29, 0.717) is 34.9 Å². The van der Waals surface area contributed by atoms with Gasteiger partial charge in [0.05, 0.1) is 40.6 Å². The smallest absolute Gasteiger partial charge is 0.229 e. The third kappa shape index (κ3) is 6.96. The van der Waals surface area contributed by atoms with Crippen LogP contribution in [0.5, 0.6) is 5.75 Å². The zero-order valence-corrected chi connectivity index (χ0v) is 26.3. The summed E-state index contributed by atoms with van der Waals surface area (Å²) in [4.78, 5) is 17.0. The van der Waals surface area contributed by atoms with Gasteiger partial charge < -0.3 is 25.2 Å². The van der Waals surface area contributed by atoms with Crippen molar-refractivity contribution in [2.45, 2.75) is 18.9 Å². The first kappa shape index (κ1) is 29.4. The van der Waals surface area contributed by atoms with Crippen molar-refractivity contribution in [1.29, 1.82) is 0 Å². The van der Waals surface area contributed by atoms with Crippen LogP contribution in [0, 0.1) is 0 Å². The topological polar surface area (TPSA) is 115 Å². The Balaban J connectivity index is 1.19. The van der Waals surface area contributed by atoms with Gasteiger partial charge >= 0.3 is 0 Å². The summed E-state index contributed by atoms with van der Waals surface area (Å²) in [5.74, 6) is 1.69. The molecule has 2 aliphatic rings. The number of para-hydroxylation sites is 2. The van der Waals surface area contributed by atoms with Gasteiger partial charge in [-0.3, -0.25) is 9.62 Å². The lowest BCUT2D eigenvalue weighted by molar-refractivity contribution is 0.0982. The van der Waals surface area contributed by atoms with Crippen LogP contribution in [0.3, 0.4) is 0 Å². The quantitative estimate of drug-likeness (QED) is 0.241. The SMILES string of the molecule is COc1cc(N2CCC(N3CCN(C)CC3)CC2)ccc1Nc1nc(Nc2ccccc2NS(C)(=O)=O)c2sccc2n1. The van der Waals surface area contributed by atoms with Crippen LogP contribution >= 0.6 is 11.3 Å². The summed E-state index contributed by atoms with van der Waals surface area (Å²) >= 11 is 1.51. The van der Waals surface area contributed by atoms with Crippen molar-refractivity contribution in [2.24, 2.45) is 0 Å². The third-order valence-corrected chi connectivity index (χ3v) is 9.60. The zero-order chi connectivity index (χ0) is 30.0. The molecule has 4 heterocycles. The van der Waals surface area contributed by atoms with Gasteiger partial charge in [0.15, 0.2) is 5.82 Å². The number of benzene rings is 2. The van der Waals surface area contributed by atoms with E-state index in [1.54, 1.807) is 25.3 Å². The largest absolute Gasteiger partial charge is 0.494 e. The maximum absolute atomic E-state index is 11.9.